The summed E-state index contributed by atoms with van der Waals surface area (Å²) in [5, 5.41) is 0. The van der Waals surface area contributed by atoms with Crippen LogP contribution in [0.4, 0.5) is 0 Å². The molecule has 0 unspecified atom stereocenters. The Kier molecular flexibility index (Phi) is 12.8. The van der Waals surface area contributed by atoms with Crippen LogP contribution in [0, 0.1) is 17.8 Å². The van der Waals surface area contributed by atoms with Crippen LogP contribution < -0.4 is 9.47 Å². The van der Waals surface area contributed by atoms with Crippen molar-refractivity contribution in [2.24, 2.45) is 17.8 Å². The topological polar surface area (TPSA) is 35.5 Å². The lowest BCUT2D eigenvalue weighted by Crippen LogP contribution is -2.25. The minimum absolute atomic E-state index is 0.0572. The van der Waals surface area contributed by atoms with Crippen molar-refractivity contribution in [1.82, 2.24) is 0 Å². The van der Waals surface area contributed by atoms with Crippen LogP contribution in [-0.4, -0.2) is 12.1 Å². The predicted octanol–water partition coefficient (Wildman–Crippen LogP) is 8.74. The van der Waals surface area contributed by atoms with Crippen molar-refractivity contribution in [1.29, 1.82) is 0 Å². The Balaban J connectivity index is 1.64. The molecule has 0 bridgehead atoms. The van der Waals surface area contributed by atoms with E-state index in [0.717, 1.165) is 36.8 Å². The highest BCUT2D eigenvalue weighted by atomic mass is 16.5. The standard InChI is InChI=1S/C29H48O3/c1-5-7-8-9-13-24(4)31-27-19-21-28(22-20-27)32-29(30)26-17-15-25(16-18-26)14-11-10-12-23(3)6-2/h19-26H,5-18H2,1-4H3/t23-,24+,25?,26?/m0/s1. The molecule has 2 atom stereocenters. The van der Waals surface area contributed by atoms with Gasteiger partial charge in [-0.15, -0.1) is 0 Å². The van der Waals surface area contributed by atoms with Gasteiger partial charge >= 0.3 is 5.97 Å². The van der Waals surface area contributed by atoms with E-state index in [0.29, 0.717) is 5.75 Å². The van der Waals surface area contributed by atoms with Gasteiger partial charge in [-0.25, -0.2) is 0 Å². The summed E-state index contributed by atoms with van der Waals surface area (Å²) in [5.74, 6) is 3.15. The highest BCUT2D eigenvalue weighted by Gasteiger charge is 2.27. The monoisotopic (exact) mass is 444 g/mol. The van der Waals surface area contributed by atoms with Crippen LogP contribution in [0.25, 0.3) is 0 Å². The van der Waals surface area contributed by atoms with Gasteiger partial charge in [0.1, 0.15) is 11.5 Å². The van der Waals surface area contributed by atoms with Gasteiger partial charge in [-0.2, -0.15) is 0 Å². The summed E-state index contributed by atoms with van der Waals surface area (Å²) in [6.45, 7) is 9.00. The quantitative estimate of drug-likeness (QED) is 0.154. The maximum atomic E-state index is 12.6. The van der Waals surface area contributed by atoms with Crippen LogP contribution in [0.3, 0.4) is 0 Å². The van der Waals surface area contributed by atoms with E-state index in [2.05, 4.69) is 27.7 Å². The SMILES string of the molecule is CCCCCC[C@@H](C)Oc1ccc(OC(=O)C2CCC(CCCC[C@@H](C)CC)CC2)cc1. The zero-order chi connectivity index (χ0) is 23.2. The van der Waals surface area contributed by atoms with Crippen molar-refractivity contribution in [3.63, 3.8) is 0 Å². The van der Waals surface area contributed by atoms with E-state index < -0.39 is 0 Å². The molecule has 1 saturated carbocycles. The Labute approximate surface area is 197 Å². The summed E-state index contributed by atoms with van der Waals surface area (Å²) < 4.78 is 11.7. The highest BCUT2D eigenvalue weighted by Crippen LogP contribution is 2.33. The first-order valence-electron chi connectivity index (χ1n) is 13.5. The van der Waals surface area contributed by atoms with Gasteiger partial charge in [0.15, 0.2) is 0 Å². The summed E-state index contributed by atoms with van der Waals surface area (Å²) >= 11 is 0. The Hall–Kier alpha value is -1.51. The molecule has 0 heterocycles. The molecule has 1 aromatic rings. The molecule has 182 valence electrons. The third-order valence-corrected chi connectivity index (χ3v) is 7.28. The third-order valence-electron chi connectivity index (χ3n) is 7.28. The minimum Gasteiger partial charge on any atom is -0.491 e. The number of hydrogen-bond donors (Lipinski definition) is 0. The molecule has 0 saturated heterocycles. The number of carbonyl (C=O) groups excluding carboxylic acids is 1. The van der Waals surface area contributed by atoms with Gasteiger partial charge in [0, 0.05) is 0 Å². The molecular formula is C29H48O3. The van der Waals surface area contributed by atoms with Crippen LogP contribution in [0.15, 0.2) is 24.3 Å². The smallest absolute Gasteiger partial charge is 0.314 e. The summed E-state index contributed by atoms with van der Waals surface area (Å²) in [4.78, 5) is 12.6. The van der Waals surface area contributed by atoms with Crippen molar-refractivity contribution in [2.45, 2.75) is 124 Å². The molecule has 0 aromatic heterocycles. The zero-order valence-corrected chi connectivity index (χ0v) is 21.2. The molecule has 3 nitrogen and oxygen atoms in total. The Morgan fingerprint density at radius 2 is 1.53 bits per heavy atom. The second-order valence-electron chi connectivity index (χ2n) is 10.2. The predicted molar refractivity (Wildman–Crippen MR) is 134 cm³/mol. The van der Waals surface area contributed by atoms with Gasteiger partial charge in [0.2, 0.25) is 0 Å². The first-order chi connectivity index (χ1) is 15.5. The third kappa shape index (κ3) is 10.4. The largest absolute Gasteiger partial charge is 0.491 e. The maximum Gasteiger partial charge on any atom is 0.314 e. The van der Waals surface area contributed by atoms with Crippen LogP contribution in [0.1, 0.15) is 118 Å². The molecule has 0 N–H and O–H groups in total. The summed E-state index contributed by atoms with van der Waals surface area (Å²) in [6.07, 6.45) is 17.3. The fraction of sp³-hybridized carbons (Fsp3) is 0.759. The van der Waals surface area contributed by atoms with Crippen molar-refractivity contribution in [2.75, 3.05) is 0 Å². The van der Waals surface area contributed by atoms with E-state index in [4.69, 9.17) is 9.47 Å². The number of carbonyl (C=O) groups is 1. The Morgan fingerprint density at radius 1 is 0.875 bits per heavy atom. The lowest BCUT2D eigenvalue weighted by atomic mass is 9.79. The van der Waals surface area contributed by atoms with Crippen LogP contribution in [0.2, 0.25) is 0 Å². The second-order valence-corrected chi connectivity index (χ2v) is 10.2. The molecule has 1 fully saturated rings. The number of ether oxygens (including phenoxy) is 2. The van der Waals surface area contributed by atoms with Gasteiger partial charge in [-0.3, -0.25) is 4.79 Å². The van der Waals surface area contributed by atoms with Gasteiger partial charge in [-0.1, -0.05) is 72.1 Å². The Morgan fingerprint density at radius 3 is 2.19 bits per heavy atom. The van der Waals surface area contributed by atoms with Crippen LogP contribution in [-0.2, 0) is 4.79 Å². The molecule has 0 spiro atoms. The minimum atomic E-state index is -0.0572. The molecule has 1 aliphatic carbocycles. The van der Waals surface area contributed by atoms with Crippen molar-refractivity contribution in [3.05, 3.63) is 24.3 Å². The molecule has 1 aromatic carbocycles. The summed E-state index contributed by atoms with van der Waals surface area (Å²) in [6, 6.07) is 7.56. The first-order valence-corrected chi connectivity index (χ1v) is 13.5. The van der Waals surface area contributed by atoms with E-state index in [-0.39, 0.29) is 18.0 Å². The van der Waals surface area contributed by atoms with E-state index in [1.54, 1.807) is 0 Å². The van der Waals surface area contributed by atoms with Crippen molar-refractivity contribution >= 4 is 5.97 Å². The lowest BCUT2D eigenvalue weighted by molar-refractivity contribution is -0.140. The Bertz CT molecular complexity index is 616. The van der Waals surface area contributed by atoms with E-state index in [1.165, 1.54) is 70.6 Å². The maximum absolute atomic E-state index is 12.6. The molecule has 0 aliphatic heterocycles. The highest BCUT2D eigenvalue weighted by molar-refractivity contribution is 5.75. The average Bonchev–Trinajstić information content (AvgIpc) is 2.81. The molecular weight excluding hydrogens is 396 g/mol. The van der Waals surface area contributed by atoms with Crippen molar-refractivity contribution < 1.29 is 14.3 Å². The molecule has 0 radical (unpaired) electrons. The van der Waals surface area contributed by atoms with Gasteiger partial charge in [0.25, 0.3) is 0 Å². The zero-order valence-electron chi connectivity index (χ0n) is 21.2. The van der Waals surface area contributed by atoms with Crippen LogP contribution >= 0.6 is 0 Å². The van der Waals surface area contributed by atoms with Gasteiger partial charge in [0.05, 0.1) is 12.0 Å². The number of rotatable bonds is 15. The number of benzene rings is 1. The van der Waals surface area contributed by atoms with Crippen LogP contribution in [0.5, 0.6) is 11.5 Å². The van der Waals surface area contributed by atoms with E-state index in [9.17, 15) is 4.79 Å². The number of esters is 1. The molecule has 0 amide bonds. The first kappa shape index (κ1) is 26.7. The average molecular weight is 445 g/mol. The molecule has 32 heavy (non-hydrogen) atoms. The van der Waals surface area contributed by atoms with E-state index >= 15 is 0 Å². The molecule has 2 rings (SSSR count). The second kappa shape index (κ2) is 15.3. The van der Waals surface area contributed by atoms with E-state index in [1.807, 2.05) is 24.3 Å². The van der Waals surface area contributed by atoms with Gasteiger partial charge < -0.3 is 9.47 Å². The molecule has 1 aliphatic rings. The fourth-order valence-electron chi connectivity index (χ4n) is 4.75. The van der Waals surface area contributed by atoms with Crippen molar-refractivity contribution in [3.8, 4) is 11.5 Å². The van der Waals surface area contributed by atoms with Gasteiger partial charge in [-0.05, 0) is 81.5 Å². The summed E-state index contributed by atoms with van der Waals surface area (Å²) in [5.41, 5.74) is 0. The summed E-state index contributed by atoms with van der Waals surface area (Å²) in [7, 11) is 0. The fourth-order valence-corrected chi connectivity index (χ4v) is 4.75. The number of hydrogen-bond acceptors (Lipinski definition) is 3. The normalized spacial score (nSPS) is 20.5. The number of unbranched alkanes of at least 4 members (excludes halogenated alkanes) is 4. The molecule has 3 heteroatoms. The lowest BCUT2D eigenvalue weighted by Gasteiger charge is -2.27.